The highest BCUT2D eigenvalue weighted by Crippen LogP contribution is 2.32. The van der Waals surface area contributed by atoms with Crippen LogP contribution in [-0.2, 0) is 4.79 Å². The second-order valence-electron chi connectivity index (χ2n) is 7.77. The van der Waals surface area contributed by atoms with Crippen molar-refractivity contribution >= 4 is 45.0 Å². The van der Waals surface area contributed by atoms with Crippen LogP contribution in [0.2, 0.25) is 0 Å². The van der Waals surface area contributed by atoms with Crippen molar-refractivity contribution in [1.29, 1.82) is 0 Å². The van der Waals surface area contributed by atoms with Crippen LogP contribution in [0.3, 0.4) is 0 Å². The molecule has 1 aliphatic heterocycles. The molecular formula is C23H27N5O3S. The fourth-order valence-electron chi connectivity index (χ4n) is 3.92. The van der Waals surface area contributed by atoms with Gasteiger partial charge in [-0.05, 0) is 48.6 Å². The lowest BCUT2D eigenvalue weighted by molar-refractivity contribution is -0.118. The maximum absolute atomic E-state index is 12.9. The van der Waals surface area contributed by atoms with Crippen molar-refractivity contribution in [1.82, 2.24) is 15.3 Å². The Morgan fingerprint density at radius 1 is 1.12 bits per heavy atom. The molecule has 0 unspecified atom stereocenters. The average Bonchev–Trinajstić information content (AvgIpc) is 3.30. The third-order valence-electron chi connectivity index (χ3n) is 5.63. The monoisotopic (exact) mass is 453 g/mol. The second-order valence-corrected chi connectivity index (χ2v) is 8.67. The third-order valence-corrected chi connectivity index (χ3v) is 6.43. The van der Waals surface area contributed by atoms with Crippen molar-refractivity contribution in [2.24, 2.45) is 5.92 Å². The maximum atomic E-state index is 12.9. The van der Waals surface area contributed by atoms with Crippen LogP contribution in [0.4, 0.5) is 11.8 Å². The average molecular weight is 454 g/mol. The molecule has 168 valence electrons. The highest BCUT2D eigenvalue weighted by Gasteiger charge is 2.27. The molecule has 9 heteroatoms. The number of ketones is 1. The quantitative estimate of drug-likeness (QED) is 0.399. The van der Waals surface area contributed by atoms with Gasteiger partial charge in [-0.3, -0.25) is 9.59 Å². The molecule has 0 radical (unpaired) electrons. The summed E-state index contributed by atoms with van der Waals surface area (Å²) in [6.07, 6.45) is 1.57. The molecule has 4 rings (SSSR count). The summed E-state index contributed by atoms with van der Waals surface area (Å²) < 4.78 is 5.18. The summed E-state index contributed by atoms with van der Waals surface area (Å²) in [5.41, 5.74) is 0.733. The molecule has 8 nitrogen and oxygen atoms in total. The SMILES string of the molecule is COc1ccc(C(=O)C2CCN(c3nc(NCCNC(C)=O)nc4sccc34)CC2)cc1. The molecule has 1 saturated heterocycles. The second kappa shape index (κ2) is 9.95. The van der Waals surface area contributed by atoms with E-state index in [1.807, 2.05) is 35.7 Å². The number of amides is 1. The Balaban J connectivity index is 1.43. The van der Waals surface area contributed by atoms with Crippen LogP contribution in [0.1, 0.15) is 30.1 Å². The maximum Gasteiger partial charge on any atom is 0.226 e. The van der Waals surface area contributed by atoms with E-state index in [1.54, 1.807) is 18.4 Å². The van der Waals surface area contributed by atoms with E-state index in [0.717, 1.165) is 53.3 Å². The highest BCUT2D eigenvalue weighted by molar-refractivity contribution is 7.16. The summed E-state index contributed by atoms with van der Waals surface area (Å²) >= 11 is 1.58. The van der Waals surface area contributed by atoms with Crippen LogP contribution in [-0.4, -0.2) is 54.9 Å². The summed E-state index contributed by atoms with van der Waals surface area (Å²) in [7, 11) is 1.62. The molecule has 2 aromatic heterocycles. The minimum atomic E-state index is -0.0609. The molecule has 0 saturated carbocycles. The van der Waals surface area contributed by atoms with Crippen LogP contribution in [0.5, 0.6) is 5.75 Å². The van der Waals surface area contributed by atoms with E-state index in [0.29, 0.717) is 19.0 Å². The van der Waals surface area contributed by atoms with Crippen molar-refractivity contribution in [3.8, 4) is 5.75 Å². The van der Waals surface area contributed by atoms with E-state index in [2.05, 4.69) is 20.5 Å². The van der Waals surface area contributed by atoms with E-state index in [9.17, 15) is 9.59 Å². The lowest BCUT2D eigenvalue weighted by Crippen LogP contribution is -2.37. The van der Waals surface area contributed by atoms with E-state index in [-0.39, 0.29) is 17.6 Å². The number of methoxy groups -OCH3 is 1. The van der Waals surface area contributed by atoms with Gasteiger partial charge in [0.1, 0.15) is 16.4 Å². The van der Waals surface area contributed by atoms with Crippen LogP contribution in [0.15, 0.2) is 35.7 Å². The zero-order valence-electron chi connectivity index (χ0n) is 18.3. The van der Waals surface area contributed by atoms with Crippen LogP contribution < -0.4 is 20.3 Å². The Hall–Kier alpha value is -3.20. The number of hydrogen-bond donors (Lipinski definition) is 2. The van der Waals surface area contributed by atoms with Gasteiger partial charge >= 0.3 is 0 Å². The number of ether oxygens (including phenoxy) is 1. The molecule has 0 spiro atoms. The Kier molecular flexibility index (Phi) is 6.84. The van der Waals surface area contributed by atoms with E-state index in [1.165, 1.54) is 6.92 Å². The number of fused-ring (bicyclic) bond motifs is 1. The number of piperidine rings is 1. The first-order chi connectivity index (χ1) is 15.5. The van der Waals surface area contributed by atoms with Gasteiger partial charge < -0.3 is 20.3 Å². The first kappa shape index (κ1) is 22.0. The molecule has 0 bridgehead atoms. The Morgan fingerprint density at radius 3 is 2.56 bits per heavy atom. The predicted octanol–water partition coefficient (Wildman–Crippen LogP) is 3.35. The largest absolute Gasteiger partial charge is 0.497 e. The smallest absolute Gasteiger partial charge is 0.226 e. The molecule has 1 fully saturated rings. The minimum Gasteiger partial charge on any atom is -0.497 e. The van der Waals surface area contributed by atoms with Crippen molar-refractivity contribution < 1.29 is 14.3 Å². The zero-order valence-corrected chi connectivity index (χ0v) is 19.1. The van der Waals surface area contributed by atoms with Gasteiger partial charge in [0.15, 0.2) is 5.78 Å². The van der Waals surface area contributed by atoms with Crippen LogP contribution >= 0.6 is 11.3 Å². The molecule has 3 heterocycles. The fourth-order valence-corrected chi connectivity index (χ4v) is 4.68. The van der Waals surface area contributed by atoms with Crippen molar-refractivity contribution in [2.45, 2.75) is 19.8 Å². The lowest BCUT2D eigenvalue weighted by Gasteiger charge is -2.32. The number of carbonyl (C=O) groups excluding carboxylic acids is 2. The van der Waals surface area contributed by atoms with Gasteiger partial charge in [-0.25, -0.2) is 4.98 Å². The first-order valence-corrected chi connectivity index (χ1v) is 11.6. The topological polar surface area (TPSA) is 96.5 Å². The standard InChI is InChI=1S/C23H27N5O3S/c1-15(29)24-10-11-25-23-26-21(19-9-14-32-22(19)27-23)28-12-7-17(8-13-28)20(30)16-3-5-18(31-2)6-4-16/h3-6,9,14,17H,7-8,10-13H2,1-2H3,(H,24,29)(H,25,26,27). The van der Waals surface area contributed by atoms with E-state index >= 15 is 0 Å². The van der Waals surface area contributed by atoms with Gasteiger partial charge in [-0.1, -0.05) is 0 Å². The molecule has 1 aliphatic rings. The van der Waals surface area contributed by atoms with Crippen molar-refractivity contribution in [3.63, 3.8) is 0 Å². The zero-order chi connectivity index (χ0) is 22.5. The number of nitrogens with zero attached hydrogens (tertiary/aromatic N) is 3. The van der Waals surface area contributed by atoms with Gasteiger partial charge in [0, 0.05) is 44.6 Å². The minimum absolute atomic E-state index is 0.00898. The summed E-state index contributed by atoms with van der Waals surface area (Å²) in [4.78, 5) is 36.5. The van der Waals surface area contributed by atoms with Gasteiger partial charge in [-0.15, -0.1) is 11.3 Å². The van der Waals surface area contributed by atoms with E-state index in [4.69, 9.17) is 9.72 Å². The summed E-state index contributed by atoms with van der Waals surface area (Å²) in [5, 5.41) is 9.00. The van der Waals surface area contributed by atoms with Crippen molar-refractivity contribution in [2.75, 3.05) is 43.5 Å². The fraction of sp³-hybridized carbons (Fsp3) is 0.391. The molecule has 32 heavy (non-hydrogen) atoms. The number of carbonyl (C=O) groups is 2. The number of thiophene rings is 1. The Morgan fingerprint density at radius 2 is 1.88 bits per heavy atom. The molecule has 3 aromatic rings. The van der Waals surface area contributed by atoms with Gasteiger partial charge in [0.25, 0.3) is 0 Å². The molecule has 1 aromatic carbocycles. The number of Topliss-reactive ketones (excluding diaryl/α,β-unsaturated/α-hetero) is 1. The lowest BCUT2D eigenvalue weighted by atomic mass is 9.89. The van der Waals surface area contributed by atoms with E-state index < -0.39 is 0 Å². The van der Waals surface area contributed by atoms with Crippen LogP contribution in [0.25, 0.3) is 10.2 Å². The van der Waals surface area contributed by atoms with Crippen LogP contribution in [0, 0.1) is 5.92 Å². The molecule has 0 atom stereocenters. The number of benzene rings is 1. The molecule has 1 amide bonds. The van der Waals surface area contributed by atoms with Gasteiger partial charge in [0.05, 0.1) is 12.5 Å². The summed E-state index contributed by atoms with van der Waals surface area (Å²) in [5.74, 6) is 2.34. The van der Waals surface area contributed by atoms with Crippen molar-refractivity contribution in [3.05, 3.63) is 41.3 Å². The van der Waals surface area contributed by atoms with Gasteiger partial charge in [-0.2, -0.15) is 4.98 Å². The predicted molar refractivity (Wildman–Crippen MR) is 127 cm³/mol. The Labute approximate surface area is 191 Å². The highest BCUT2D eigenvalue weighted by atomic mass is 32.1. The Bertz CT molecular complexity index is 1090. The summed E-state index contributed by atoms with van der Waals surface area (Å²) in [6, 6.07) is 9.39. The van der Waals surface area contributed by atoms with Gasteiger partial charge in [0.2, 0.25) is 11.9 Å². The number of anilines is 2. The third kappa shape index (κ3) is 4.99. The number of hydrogen-bond acceptors (Lipinski definition) is 8. The summed E-state index contributed by atoms with van der Waals surface area (Å²) in [6.45, 7) is 4.08. The molecule has 2 N–H and O–H groups in total. The number of aromatic nitrogens is 2. The molecular weight excluding hydrogens is 426 g/mol. The first-order valence-electron chi connectivity index (χ1n) is 10.7. The normalized spacial score (nSPS) is 14.4. The number of rotatable bonds is 8. The number of nitrogens with one attached hydrogen (secondary N) is 2. The molecule has 0 aliphatic carbocycles.